The van der Waals surface area contributed by atoms with Crippen LogP contribution in [0.3, 0.4) is 0 Å². The quantitative estimate of drug-likeness (QED) is 0.181. The molecule has 0 saturated carbocycles. The highest BCUT2D eigenvalue weighted by atomic mass is 16.3. The molecule has 13 rings (SSSR count). The predicted molar refractivity (Wildman–Crippen MR) is 214 cm³/mol. The van der Waals surface area contributed by atoms with E-state index in [0.29, 0.717) is 0 Å². The van der Waals surface area contributed by atoms with Gasteiger partial charge in [-0.1, -0.05) is 121 Å². The Hall–Kier alpha value is -7.31. The van der Waals surface area contributed by atoms with Gasteiger partial charge in [0.25, 0.3) is 0 Å². The highest BCUT2D eigenvalue weighted by Crippen LogP contribution is 2.63. The van der Waals surface area contributed by atoms with Gasteiger partial charge in [0.2, 0.25) is 0 Å². The third-order valence-corrected chi connectivity index (χ3v) is 11.9. The van der Waals surface area contributed by atoms with Gasteiger partial charge in [-0.25, -0.2) is 15.0 Å². The molecule has 0 aliphatic heterocycles. The van der Waals surface area contributed by atoms with Crippen molar-refractivity contribution in [1.29, 1.82) is 0 Å². The van der Waals surface area contributed by atoms with E-state index in [-0.39, 0.29) is 0 Å². The summed E-state index contributed by atoms with van der Waals surface area (Å²) < 4.78 is 10.8. The standard InChI is InChI=1S/C48H27N5O/c1-5-18-35-31(13-1)32-14-2-6-19-36(32)48(35)37-20-7-3-15-33(37)44-38(48)26-39-45-51-27-40(53(45)47-46(52(39)44)49-23-24-50-47)29-12-9-11-28(25-29)30-17-10-22-42-43(30)34-16-4-8-21-41(34)54-42/h1-27H. The van der Waals surface area contributed by atoms with Crippen LogP contribution < -0.4 is 0 Å². The van der Waals surface area contributed by atoms with E-state index in [0.717, 1.165) is 72.5 Å². The fraction of sp³-hybridized carbons (Fsp3) is 0.0208. The first kappa shape index (κ1) is 28.3. The lowest BCUT2D eigenvalue weighted by Crippen LogP contribution is -2.25. The van der Waals surface area contributed by atoms with Gasteiger partial charge in [0.15, 0.2) is 16.9 Å². The van der Waals surface area contributed by atoms with Crippen LogP contribution in [-0.4, -0.2) is 23.8 Å². The number of furan rings is 1. The monoisotopic (exact) mass is 689 g/mol. The molecule has 5 heterocycles. The average Bonchev–Trinajstić information content (AvgIpc) is 4.04. The zero-order valence-electron chi connectivity index (χ0n) is 28.7. The molecule has 11 aromatic rings. The summed E-state index contributed by atoms with van der Waals surface area (Å²) in [5.41, 5.74) is 19.0. The van der Waals surface area contributed by atoms with Crippen LogP contribution in [0.25, 0.3) is 89.2 Å². The van der Waals surface area contributed by atoms with Crippen molar-refractivity contribution in [2.75, 3.05) is 0 Å². The van der Waals surface area contributed by atoms with Crippen LogP contribution in [0.4, 0.5) is 0 Å². The number of para-hydroxylation sites is 1. The maximum Gasteiger partial charge on any atom is 0.183 e. The lowest BCUT2D eigenvalue weighted by Gasteiger charge is -2.29. The minimum atomic E-state index is -0.474. The maximum absolute atomic E-state index is 6.25. The molecule has 2 aliphatic rings. The molecule has 0 radical (unpaired) electrons. The van der Waals surface area contributed by atoms with Gasteiger partial charge in [0.05, 0.1) is 28.5 Å². The Kier molecular flexibility index (Phi) is 5.22. The van der Waals surface area contributed by atoms with Gasteiger partial charge in [-0.15, -0.1) is 0 Å². The van der Waals surface area contributed by atoms with Crippen LogP contribution in [0.1, 0.15) is 22.3 Å². The van der Waals surface area contributed by atoms with Gasteiger partial charge < -0.3 is 4.42 Å². The van der Waals surface area contributed by atoms with Crippen molar-refractivity contribution in [3.05, 3.63) is 186 Å². The molecule has 5 aromatic heterocycles. The second-order valence-electron chi connectivity index (χ2n) is 14.4. The van der Waals surface area contributed by atoms with Crippen molar-refractivity contribution in [1.82, 2.24) is 23.8 Å². The molecule has 0 N–H and O–H groups in total. The summed E-state index contributed by atoms with van der Waals surface area (Å²) in [4.78, 5) is 15.3. The summed E-state index contributed by atoms with van der Waals surface area (Å²) in [7, 11) is 0. The molecule has 0 fully saturated rings. The predicted octanol–water partition coefficient (Wildman–Crippen LogP) is 11.1. The molecule has 0 amide bonds. The van der Waals surface area contributed by atoms with Crippen LogP contribution in [-0.2, 0) is 5.41 Å². The van der Waals surface area contributed by atoms with E-state index in [4.69, 9.17) is 19.4 Å². The Morgan fingerprint density at radius 1 is 0.463 bits per heavy atom. The molecule has 250 valence electrons. The fourth-order valence-electron chi connectivity index (χ4n) is 9.87. The van der Waals surface area contributed by atoms with Crippen molar-refractivity contribution < 1.29 is 4.42 Å². The van der Waals surface area contributed by atoms with E-state index >= 15 is 0 Å². The highest BCUT2D eigenvalue weighted by Gasteiger charge is 2.53. The smallest absolute Gasteiger partial charge is 0.183 e. The summed E-state index contributed by atoms with van der Waals surface area (Å²) in [5.74, 6) is 0. The van der Waals surface area contributed by atoms with E-state index in [1.54, 1.807) is 12.4 Å². The SMILES string of the molecule is c1cc(-c2cccc3oc4ccccc4c23)cc(-c2cnc3c4cc5c(n4c4nccnc4n23)-c2ccccc2C52c3ccccc3-c3ccccc32)c1. The molecule has 54 heavy (non-hydrogen) atoms. The molecule has 1 spiro atoms. The number of rotatable bonds is 2. The Labute approximate surface area is 308 Å². The number of hydrogen-bond acceptors (Lipinski definition) is 4. The minimum Gasteiger partial charge on any atom is -0.456 e. The van der Waals surface area contributed by atoms with Gasteiger partial charge in [0.1, 0.15) is 11.2 Å². The van der Waals surface area contributed by atoms with Crippen LogP contribution >= 0.6 is 0 Å². The van der Waals surface area contributed by atoms with Crippen LogP contribution in [0.15, 0.2) is 169 Å². The molecule has 0 saturated heterocycles. The fourth-order valence-corrected chi connectivity index (χ4v) is 9.87. The first-order chi connectivity index (χ1) is 26.8. The van der Waals surface area contributed by atoms with Gasteiger partial charge in [-0.05, 0) is 68.8 Å². The summed E-state index contributed by atoms with van der Waals surface area (Å²) in [6, 6.07) is 52.3. The maximum atomic E-state index is 6.25. The zero-order valence-corrected chi connectivity index (χ0v) is 28.7. The van der Waals surface area contributed by atoms with Crippen molar-refractivity contribution >= 4 is 44.4 Å². The first-order valence-electron chi connectivity index (χ1n) is 18.3. The van der Waals surface area contributed by atoms with E-state index in [2.05, 4.69) is 136 Å². The third kappa shape index (κ3) is 3.30. The molecule has 0 unspecified atom stereocenters. The number of benzene rings is 6. The number of fused-ring (bicyclic) bond motifs is 20. The molecule has 0 bridgehead atoms. The number of hydrogen-bond donors (Lipinski definition) is 0. The molecule has 2 aliphatic carbocycles. The lowest BCUT2D eigenvalue weighted by atomic mass is 9.71. The summed E-state index contributed by atoms with van der Waals surface area (Å²) in [6.07, 6.45) is 5.56. The summed E-state index contributed by atoms with van der Waals surface area (Å²) in [6.45, 7) is 0. The average molecular weight is 690 g/mol. The Morgan fingerprint density at radius 2 is 1.07 bits per heavy atom. The van der Waals surface area contributed by atoms with Gasteiger partial charge in [0, 0.05) is 34.3 Å². The summed E-state index contributed by atoms with van der Waals surface area (Å²) >= 11 is 0. The molecular formula is C48H27N5O. The first-order valence-corrected chi connectivity index (χ1v) is 18.3. The topological polar surface area (TPSA) is 60.6 Å². The molecule has 6 aromatic carbocycles. The Morgan fingerprint density at radius 3 is 1.87 bits per heavy atom. The highest BCUT2D eigenvalue weighted by molar-refractivity contribution is 6.12. The van der Waals surface area contributed by atoms with Crippen LogP contribution in [0.2, 0.25) is 0 Å². The van der Waals surface area contributed by atoms with E-state index in [1.165, 1.54) is 38.9 Å². The van der Waals surface area contributed by atoms with E-state index < -0.39 is 5.41 Å². The van der Waals surface area contributed by atoms with Crippen molar-refractivity contribution in [2.45, 2.75) is 5.41 Å². The van der Waals surface area contributed by atoms with Crippen molar-refractivity contribution in [2.24, 2.45) is 0 Å². The van der Waals surface area contributed by atoms with Gasteiger partial charge >= 0.3 is 0 Å². The molecule has 0 atom stereocenters. The number of aromatic nitrogens is 5. The molecular weight excluding hydrogens is 663 g/mol. The van der Waals surface area contributed by atoms with Gasteiger partial charge in [-0.3, -0.25) is 8.80 Å². The van der Waals surface area contributed by atoms with Gasteiger partial charge in [-0.2, -0.15) is 0 Å². The second kappa shape index (κ2) is 9.97. The third-order valence-electron chi connectivity index (χ3n) is 11.9. The lowest BCUT2D eigenvalue weighted by molar-refractivity contribution is 0.669. The minimum absolute atomic E-state index is 0.474. The van der Waals surface area contributed by atoms with E-state index in [9.17, 15) is 0 Å². The van der Waals surface area contributed by atoms with Crippen molar-refractivity contribution in [3.8, 4) is 44.8 Å². The number of imidazole rings is 1. The Balaban J connectivity index is 1.10. The number of nitrogens with zero attached hydrogens (tertiary/aromatic N) is 5. The normalized spacial score (nSPS) is 13.7. The van der Waals surface area contributed by atoms with Crippen LogP contribution in [0.5, 0.6) is 0 Å². The summed E-state index contributed by atoms with van der Waals surface area (Å²) in [5, 5.41) is 2.23. The van der Waals surface area contributed by atoms with E-state index in [1.807, 2.05) is 24.4 Å². The Bertz CT molecular complexity index is 3370. The molecule has 6 nitrogen and oxygen atoms in total. The second-order valence-corrected chi connectivity index (χ2v) is 14.4. The largest absolute Gasteiger partial charge is 0.456 e. The van der Waals surface area contributed by atoms with Crippen molar-refractivity contribution in [3.63, 3.8) is 0 Å². The molecule has 6 heteroatoms. The zero-order chi connectivity index (χ0) is 35.1. The van der Waals surface area contributed by atoms with Crippen LogP contribution in [0, 0.1) is 0 Å².